The van der Waals surface area contributed by atoms with Crippen molar-refractivity contribution in [2.24, 2.45) is 0 Å². The summed E-state index contributed by atoms with van der Waals surface area (Å²) in [6, 6.07) is 4.82. The summed E-state index contributed by atoms with van der Waals surface area (Å²) in [5.41, 5.74) is 5.45. The number of benzene rings is 1. The molecule has 124 valence electrons. The third-order valence-electron chi connectivity index (χ3n) is 2.83. The number of nitrogens with one attached hydrogen (secondary N) is 2. The molecule has 0 fully saturated rings. The van der Waals surface area contributed by atoms with Gasteiger partial charge in [0, 0.05) is 11.2 Å². The predicted molar refractivity (Wildman–Crippen MR) is 84.5 cm³/mol. The zero-order chi connectivity index (χ0) is 17.3. The van der Waals surface area contributed by atoms with Crippen LogP contribution in [0.25, 0.3) is 0 Å². The van der Waals surface area contributed by atoms with E-state index in [9.17, 15) is 13.2 Å². The van der Waals surface area contributed by atoms with Gasteiger partial charge in [-0.2, -0.15) is 13.2 Å². The van der Waals surface area contributed by atoms with Crippen LogP contribution < -0.4 is 16.4 Å². The first kappa shape index (κ1) is 16.9. The first-order valence-electron chi connectivity index (χ1n) is 6.89. The first-order valence-corrected chi connectivity index (χ1v) is 6.89. The molecule has 0 bridgehead atoms. The summed E-state index contributed by atoms with van der Waals surface area (Å²) in [4.78, 5) is 8.04. The Bertz CT molecular complexity index is 692. The highest BCUT2D eigenvalue weighted by atomic mass is 19.4. The third kappa shape index (κ3) is 4.48. The molecule has 0 aliphatic carbocycles. The van der Waals surface area contributed by atoms with Crippen molar-refractivity contribution in [1.82, 2.24) is 9.97 Å². The van der Waals surface area contributed by atoms with Crippen molar-refractivity contribution in [3.05, 3.63) is 36.2 Å². The maximum absolute atomic E-state index is 12.7. The van der Waals surface area contributed by atoms with E-state index in [0.717, 1.165) is 12.1 Å². The molecule has 2 rings (SSSR count). The zero-order valence-corrected chi connectivity index (χ0v) is 13.0. The van der Waals surface area contributed by atoms with Crippen molar-refractivity contribution in [3.8, 4) is 0 Å². The van der Waals surface area contributed by atoms with Crippen molar-refractivity contribution < 1.29 is 13.2 Å². The Balaban J connectivity index is 2.29. The summed E-state index contributed by atoms with van der Waals surface area (Å²) in [6.07, 6.45) is -3.12. The Morgan fingerprint density at radius 2 is 1.70 bits per heavy atom. The molecule has 0 spiro atoms. The Hall–Kier alpha value is -2.51. The molecule has 5 nitrogen and oxygen atoms in total. The number of alkyl halides is 3. The fraction of sp³-hybridized carbons (Fsp3) is 0.333. The van der Waals surface area contributed by atoms with Gasteiger partial charge >= 0.3 is 6.18 Å². The molecule has 0 atom stereocenters. The summed E-state index contributed by atoms with van der Waals surface area (Å²) in [7, 11) is 0. The second-order valence-electron chi connectivity index (χ2n) is 6.06. The Labute approximate surface area is 132 Å². The Kier molecular flexibility index (Phi) is 4.35. The van der Waals surface area contributed by atoms with Crippen molar-refractivity contribution in [3.63, 3.8) is 0 Å². The van der Waals surface area contributed by atoms with E-state index >= 15 is 0 Å². The van der Waals surface area contributed by atoms with Crippen molar-refractivity contribution in [2.75, 3.05) is 16.4 Å². The largest absolute Gasteiger partial charge is 0.416 e. The van der Waals surface area contributed by atoms with Crippen LogP contribution in [0, 0.1) is 0 Å². The van der Waals surface area contributed by atoms with Gasteiger partial charge in [-0.1, -0.05) is 6.07 Å². The van der Waals surface area contributed by atoms with Crippen LogP contribution >= 0.6 is 0 Å². The first-order chi connectivity index (χ1) is 10.6. The fourth-order valence-electron chi connectivity index (χ4n) is 1.86. The van der Waals surface area contributed by atoms with E-state index in [1.165, 1.54) is 18.5 Å². The third-order valence-corrected chi connectivity index (χ3v) is 2.83. The molecule has 8 heteroatoms. The van der Waals surface area contributed by atoms with Crippen LogP contribution in [0.3, 0.4) is 0 Å². The molecule has 0 saturated heterocycles. The van der Waals surface area contributed by atoms with Crippen LogP contribution in [-0.4, -0.2) is 15.5 Å². The van der Waals surface area contributed by atoms with E-state index in [0.29, 0.717) is 5.82 Å². The lowest BCUT2D eigenvalue weighted by atomic mass is 10.1. The summed E-state index contributed by atoms with van der Waals surface area (Å²) in [6.45, 7) is 5.82. The van der Waals surface area contributed by atoms with Crippen LogP contribution in [0.15, 0.2) is 30.6 Å². The lowest BCUT2D eigenvalue weighted by Crippen LogP contribution is -2.27. The maximum Gasteiger partial charge on any atom is 0.416 e. The van der Waals surface area contributed by atoms with Gasteiger partial charge in [0.2, 0.25) is 0 Å². The number of nitrogens with zero attached hydrogens (tertiary/aromatic N) is 2. The smallest absolute Gasteiger partial charge is 0.393 e. The van der Waals surface area contributed by atoms with E-state index in [1.54, 1.807) is 0 Å². The van der Waals surface area contributed by atoms with Gasteiger partial charge < -0.3 is 16.4 Å². The summed E-state index contributed by atoms with van der Waals surface area (Å²) in [5.74, 6) is 0.660. The minimum Gasteiger partial charge on any atom is -0.393 e. The lowest BCUT2D eigenvalue weighted by molar-refractivity contribution is -0.137. The molecule has 0 saturated carbocycles. The van der Waals surface area contributed by atoms with Crippen LogP contribution in [0.5, 0.6) is 0 Å². The SMILES string of the molecule is CC(C)(C)Nc1ncnc(Nc2cccc(C(F)(F)F)c2)c1N. The summed E-state index contributed by atoms with van der Waals surface area (Å²) >= 11 is 0. The molecular weight excluding hydrogens is 307 g/mol. The van der Waals surface area contributed by atoms with Crippen molar-refractivity contribution in [2.45, 2.75) is 32.5 Å². The number of halogens is 3. The topological polar surface area (TPSA) is 75.9 Å². The zero-order valence-electron chi connectivity index (χ0n) is 13.0. The van der Waals surface area contributed by atoms with Crippen molar-refractivity contribution in [1.29, 1.82) is 0 Å². The van der Waals surface area contributed by atoms with E-state index in [-0.39, 0.29) is 22.7 Å². The van der Waals surface area contributed by atoms with E-state index in [4.69, 9.17) is 5.73 Å². The Morgan fingerprint density at radius 1 is 1.04 bits per heavy atom. The average molecular weight is 325 g/mol. The molecular formula is C15H18F3N5. The molecule has 1 aromatic carbocycles. The van der Waals surface area contributed by atoms with Crippen molar-refractivity contribution >= 4 is 23.0 Å². The van der Waals surface area contributed by atoms with E-state index in [1.807, 2.05) is 20.8 Å². The van der Waals surface area contributed by atoms with Crippen LogP contribution in [-0.2, 0) is 6.18 Å². The van der Waals surface area contributed by atoms with Crippen LogP contribution in [0.4, 0.5) is 36.2 Å². The number of rotatable bonds is 3. The second-order valence-corrected chi connectivity index (χ2v) is 6.06. The molecule has 0 unspecified atom stereocenters. The number of hydrogen-bond acceptors (Lipinski definition) is 5. The number of hydrogen-bond donors (Lipinski definition) is 3. The molecule has 2 aromatic rings. The summed E-state index contributed by atoms with van der Waals surface area (Å²) < 4.78 is 38.2. The second kappa shape index (κ2) is 5.94. The fourth-order valence-corrected chi connectivity index (χ4v) is 1.86. The van der Waals surface area contributed by atoms with Gasteiger partial charge in [-0.15, -0.1) is 0 Å². The standard InChI is InChI=1S/C15H18F3N5/c1-14(2,3)23-13-11(19)12(20-8-21-13)22-10-6-4-5-9(7-10)15(16,17)18/h4-8H,19H2,1-3H3,(H2,20,21,22,23). The van der Waals surface area contributed by atoms with Crippen LogP contribution in [0.2, 0.25) is 0 Å². The molecule has 0 amide bonds. The number of nitrogens with two attached hydrogens (primary N) is 1. The van der Waals surface area contributed by atoms with Gasteiger partial charge in [0.25, 0.3) is 0 Å². The monoisotopic (exact) mass is 325 g/mol. The molecule has 0 radical (unpaired) electrons. The number of aromatic nitrogens is 2. The Morgan fingerprint density at radius 3 is 2.30 bits per heavy atom. The van der Waals surface area contributed by atoms with Gasteiger partial charge in [-0.05, 0) is 39.0 Å². The minimum atomic E-state index is -4.41. The number of nitrogen functional groups attached to an aromatic ring is 1. The highest BCUT2D eigenvalue weighted by Crippen LogP contribution is 2.32. The van der Waals surface area contributed by atoms with Gasteiger partial charge in [0.1, 0.15) is 12.0 Å². The summed E-state index contributed by atoms with van der Waals surface area (Å²) in [5, 5.41) is 5.91. The minimum absolute atomic E-state index is 0.236. The number of anilines is 4. The molecule has 23 heavy (non-hydrogen) atoms. The highest BCUT2D eigenvalue weighted by molar-refractivity contribution is 5.78. The molecule has 0 aliphatic rings. The normalized spacial score (nSPS) is 12.1. The van der Waals surface area contributed by atoms with Gasteiger partial charge in [-0.3, -0.25) is 0 Å². The quantitative estimate of drug-likeness (QED) is 0.794. The van der Waals surface area contributed by atoms with Gasteiger partial charge in [0.15, 0.2) is 11.6 Å². The van der Waals surface area contributed by atoms with E-state index in [2.05, 4.69) is 20.6 Å². The highest BCUT2D eigenvalue weighted by Gasteiger charge is 2.30. The predicted octanol–water partition coefficient (Wildman–Crippen LogP) is 4.03. The average Bonchev–Trinajstić information content (AvgIpc) is 2.41. The van der Waals surface area contributed by atoms with Gasteiger partial charge in [0.05, 0.1) is 5.56 Å². The van der Waals surface area contributed by atoms with E-state index < -0.39 is 11.7 Å². The van der Waals surface area contributed by atoms with Crippen LogP contribution in [0.1, 0.15) is 26.3 Å². The molecule has 4 N–H and O–H groups in total. The molecule has 0 aliphatic heterocycles. The molecule has 1 heterocycles. The lowest BCUT2D eigenvalue weighted by Gasteiger charge is -2.22. The molecule has 1 aromatic heterocycles. The van der Waals surface area contributed by atoms with Gasteiger partial charge in [-0.25, -0.2) is 9.97 Å². The maximum atomic E-state index is 12.7.